The van der Waals surface area contributed by atoms with Crippen molar-refractivity contribution in [3.8, 4) is 11.8 Å². The summed E-state index contributed by atoms with van der Waals surface area (Å²) in [5, 5.41) is 37.7. The summed E-state index contributed by atoms with van der Waals surface area (Å²) in [7, 11) is 0. The summed E-state index contributed by atoms with van der Waals surface area (Å²) in [4.78, 5) is 10.3. The summed E-state index contributed by atoms with van der Waals surface area (Å²) < 4.78 is 0. The van der Waals surface area contributed by atoms with E-state index in [0.29, 0.717) is 12.8 Å². The van der Waals surface area contributed by atoms with Gasteiger partial charge in [0.05, 0.1) is 18.3 Å². The first kappa shape index (κ1) is 24.6. The molecule has 0 aromatic carbocycles. The van der Waals surface area contributed by atoms with Crippen molar-refractivity contribution < 1.29 is 25.2 Å². The second kappa shape index (κ2) is 17.0. The van der Waals surface area contributed by atoms with Crippen LogP contribution in [0.4, 0.5) is 0 Å². The highest BCUT2D eigenvalue weighted by Gasteiger charge is 2.10. The van der Waals surface area contributed by atoms with Crippen molar-refractivity contribution in [2.24, 2.45) is 0 Å². The van der Waals surface area contributed by atoms with Gasteiger partial charge < -0.3 is 20.4 Å². The van der Waals surface area contributed by atoms with Crippen molar-refractivity contribution in [2.75, 3.05) is 0 Å². The Kier molecular flexibility index (Phi) is 15.5. The van der Waals surface area contributed by atoms with E-state index in [-0.39, 0.29) is 12.8 Å². The van der Waals surface area contributed by atoms with Gasteiger partial charge in [0.2, 0.25) is 0 Å². The zero-order valence-corrected chi connectivity index (χ0v) is 15.7. The average Bonchev–Trinajstić information content (AvgIpc) is 2.63. The molecule has 27 heavy (non-hydrogen) atoms. The number of carbonyl (C=O) groups is 1. The van der Waals surface area contributed by atoms with Crippen LogP contribution in [0.25, 0.3) is 0 Å². The maximum Gasteiger partial charge on any atom is 0.303 e. The molecule has 0 saturated carbocycles. The van der Waals surface area contributed by atoms with Crippen LogP contribution in [-0.2, 0) is 4.79 Å². The third-order valence-corrected chi connectivity index (χ3v) is 3.33. The molecule has 0 aliphatic rings. The molecule has 0 rings (SSSR count). The highest BCUT2D eigenvalue weighted by atomic mass is 16.4. The molecule has 0 amide bonds. The lowest BCUT2D eigenvalue weighted by Crippen LogP contribution is -2.22. The number of aliphatic carboxylic acids is 1. The number of aliphatic hydroxyl groups is 3. The fourth-order valence-corrected chi connectivity index (χ4v) is 1.85. The maximum atomic E-state index is 10.3. The van der Waals surface area contributed by atoms with Gasteiger partial charge in [0.15, 0.2) is 0 Å². The molecule has 0 spiro atoms. The number of allylic oxidation sites excluding steroid dienone is 6. The molecule has 5 nitrogen and oxygen atoms in total. The molecule has 0 saturated heterocycles. The lowest BCUT2D eigenvalue weighted by atomic mass is 10.1. The van der Waals surface area contributed by atoms with Crippen LogP contribution < -0.4 is 0 Å². The zero-order chi connectivity index (χ0) is 20.3. The molecule has 0 fully saturated rings. The minimum Gasteiger partial charge on any atom is -0.481 e. The Morgan fingerprint density at radius 3 is 2.33 bits per heavy atom. The summed E-state index contributed by atoms with van der Waals surface area (Å²) >= 11 is 0. The van der Waals surface area contributed by atoms with Crippen LogP contribution in [0.3, 0.4) is 0 Å². The van der Waals surface area contributed by atoms with Gasteiger partial charge >= 0.3 is 5.97 Å². The second-order valence-corrected chi connectivity index (χ2v) is 5.77. The van der Waals surface area contributed by atoms with Gasteiger partial charge in [0, 0.05) is 6.42 Å². The van der Waals surface area contributed by atoms with Crippen LogP contribution in [0, 0.1) is 11.8 Å². The van der Waals surface area contributed by atoms with E-state index in [1.807, 2.05) is 19.1 Å². The van der Waals surface area contributed by atoms with Gasteiger partial charge in [-0.1, -0.05) is 61.3 Å². The number of hydrogen-bond acceptors (Lipinski definition) is 4. The molecule has 0 radical (unpaired) electrons. The van der Waals surface area contributed by atoms with E-state index in [0.717, 1.165) is 6.42 Å². The van der Waals surface area contributed by atoms with Gasteiger partial charge in [0.1, 0.15) is 0 Å². The zero-order valence-electron chi connectivity index (χ0n) is 15.7. The molecular formula is C22H30O5. The van der Waals surface area contributed by atoms with Crippen molar-refractivity contribution >= 4 is 5.97 Å². The van der Waals surface area contributed by atoms with Crippen LogP contribution in [0.15, 0.2) is 60.8 Å². The van der Waals surface area contributed by atoms with E-state index < -0.39 is 24.3 Å². The largest absolute Gasteiger partial charge is 0.481 e. The van der Waals surface area contributed by atoms with Crippen LogP contribution in [0.2, 0.25) is 0 Å². The van der Waals surface area contributed by atoms with Crippen molar-refractivity contribution in [1.29, 1.82) is 0 Å². The van der Waals surface area contributed by atoms with Crippen LogP contribution >= 0.6 is 0 Å². The van der Waals surface area contributed by atoms with Gasteiger partial charge in [-0.15, -0.1) is 0 Å². The predicted octanol–water partition coefficient (Wildman–Crippen LogP) is 2.91. The standard InChI is InChI=1S/C22H30O5/c1-2-3-9-14-19(23)15-10-6-4-5-7-11-16-20(24)21(25)17-12-8-13-18-22(26)27/h3,5,7-12,15-16,19-21,23-25H,2,13-14,17-18H2,1H3,(H,26,27)/b7-5+,9-3-,12-8-,15-10+,16-11+. The summed E-state index contributed by atoms with van der Waals surface area (Å²) in [5.74, 6) is 4.67. The number of carboxylic acid groups (broad SMARTS) is 1. The van der Waals surface area contributed by atoms with Crippen molar-refractivity contribution in [2.45, 2.75) is 57.3 Å². The second-order valence-electron chi connectivity index (χ2n) is 5.77. The minimum atomic E-state index is -1.02. The topological polar surface area (TPSA) is 98.0 Å². The molecule has 0 bridgehead atoms. The summed E-state index contributed by atoms with van der Waals surface area (Å²) in [5.41, 5.74) is 0. The number of rotatable bonds is 12. The normalized spacial score (nSPS) is 15.7. The fourth-order valence-electron chi connectivity index (χ4n) is 1.85. The van der Waals surface area contributed by atoms with Crippen LogP contribution in [-0.4, -0.2) is 44.7 Å². The Labute approximate surface area is 161 Å². The van der Waals surface area contributed by atoms with Crippen LogP contribution in [0.1, 0.15) is 39.0 Å². The van der Waals surface area contributed by atoms with E-state index in [1.54, 1.807) is 42.5 Å². The first-order valence-corrected chi connectivity index (χ1v) is 9.04. The lowest BCUT2D eigenvalue weighted by molar-refractivity contribution is -0.136. The Balaban J connectivity index is 4.11. The Morgan fingerprint density at radius 2 is 1.63 bits per heavy atom. The third-order valence-electron chi connectivity index (χ3n) is 3.33. The highest BCUT2D eigenvalue weighted by molar-refractivity contribution is 5.66. The van der Waals surface area contributed by atoms with E-state index in [1.165, 1.54) is 6.08 Å². The molecule has 148 valence electrons. The molecule has 3 unspecified atom stereocenters. The molecule has 0 aliphatic carbocycles. The molecule has 0 heterocycles. The maximum absolute atomic E-state index is 10.3. The molecule has 0 aromatic rings. The number of carboxylic acids is 1. The fraction of sp³-hybridized carbons (Fsp3) is 0.409. The SMILES string of the molecule is CC/C=C\CC(O)/C=C/C#C/C=C/C=C/C(O)C(O)C/C=C\CCC(=O)O. The summed E-state index contributed by atoms with van der Waals surface area (Å²) in [6.45, 7) is 2.03. The van der Waals surface area contributed by atoms with Gasteiger partial charge in [-0.25, -0.2) is 0 Å². The van der Waals surface area contributed by atoms with E-state index in [9.17, 15) is 20.1 Å². The Morgan fingerprint density at radius 1 is 0.926 bits per heavy atom. The van der Waals surface area contributed by atoms with Gasteiger partial charge in [-0.3, -0.25) is 4.79 Å². The van der Waals surface area contributed by atoms with Crippen molar-refractivity contribution in [3.63, 3.8) is 0 Å². The predicted molar refractivity (Wildman–Crippen MR) is 108 cm³/mol. The first-order valence-electron chi connectivity index (χ1n) is 9.04. The molecule has 3 atom stereocenters. The number of hydrogen-bond donors (Lipinski definition) is 4. The quantitative estimate of drug-likeness (QED) is 0.239. The third kappa shape index (κ3) is 16.8. The molecule has 0 aromatic heterocycles. The van der Waals surface area contributed by atoms with E-state index in [2.05, 4.69) is 11.8 Å². The van der Waals surface area contributed by atoms with Gasteiger partial charge in [0.25, 0.3) is 0 Å². The van der Waals surface area contributed by atoms with Gasteiger partial charge in [-0.05, 0) is 43.9 Å². The molecule has 5 heteroatoms. The monoisotopic (exact) mass is 374 g/mol. The van der Waals surface area contributed by atoms with Crippen molar-refractivity contribution in [3.05, 3.63) is 60.8 Å². The first-order chi connectivity index (χ1) is 13.0. The highest BCUT2D eigenvalue weighted by Crippen LogP contribution is 2.03. The summed E-state index contributed by atoms with van der Waals surface area (Å²) in [6.07, 6.45) is 16.4. The van der Waals surface area contributed by atoms with E-state index >= 15 is 0 Å². The number of aliphatic hydroxyl groups excluding tert-OH is 3. The molecular weight excluding hydrogens is 344 g/mol. The lowest BCUT2D eigenvalue weighted by Gasteiger charge is -2.11. The van der Waals surface area contributed by atoms with Crippen LogP contribution in [0.5, 0.6) is 0 Å². The Bertz CT molecular complexity index is 602. The van der Waals surface area contributed by atoms with Crippen molar-refractivity contribution in [1.82, 2.24) is 0 Å². The molecule has 4 N–H and O–H groups in total. The Hall–Kier alpha value is -2.39. The smallest absolute Gasteiger partial charge is 0.303 e. The summed E-state index contributed by atoms with van der Waals surface area (Å²) in [6, 6.07) is 0. The average molecular weight is 374 g/mol. The van der Waals surface area contributed by atoms with Gasteiger partial charge in [-0.2, -0.15) is 0 Å². The minimum absolute atomic E-state index is 0.0466. The van der Waals surface area contributed by atoms with E-state index in [4.69, 9.17) is 5.11 Å². The molecule has 0 aliphatic heterocycles.